The van der Waals surface area contributed by atoms with Crippen LogP contribution in [0.15, 0.2) is 6.07 Å². The van der Waals surface area contributed by atoms with Gasteiger partial charge in [0.25, 0.3) is 5.91 Å². The van der Waals surface area contributed by atoms with E-state index < -0.39 is 6.10 Å². The number of nitrogens with one attached hydrogen (secondary N) is 1. The van der Waals surface area contributed by atoms with Gasteiger partial charge in [-0.05, 0) is 32.6 Å². The lowest BCUT2D eigenvalue weighted by Gasteiger charge is -2.33. The zero-order valence-electron chi connectivity index (χ0n) is 12.9. The first-order valence-electron chi connectivity index (χ1n) is 8.21. The number of amides is 1. The van der Waals surface area contributed by atoms with E-state index in [4.69, 9.17) is 9.72 Å². The number of carbonyl (C=O) groups is 1. The van der Waals surface area contributed by atoms with Crippen molar-refractivity contribution < 1.29 is 9.53 Å². The monoisotopic (exact) mass is 302 g/mol. The molecule has 1 atom stereocenters. The predicted molar refractivity (Wildman–Crippen MR) is 81.9 cm³/mol. The molecule has 1 amide bonds. The summed E-state index contributed by atoms with van der Waals surface area (Å²) in [5.41, 5.74) is 0.998. The summed E-state index contributed by atoms with van der Waals surface area (Å²) < 4.78 is 5.64. The van der Waals surface area contributed by atoms with E-state index in [1.165, 1.54) is 12.8 Å². The summed E-state index contributed by atoms with van der Waals surface area (Å²) in [6, 6.07) is 2.38. The summed E-state index contributed by atoms with van der Waals surface area (Å²) in [6.45, 7) is 3.91. The largest absolute Gasteiger partial charge is 0.365 e. The molecule has 1 unspecified atom stereocenters. The van der Waals surface area contributed by atoms with Gasteiger partial charge in [0, 0.05) is 30.3 Å². The van der Waals surface area contributed by atoms with Gasteiger partial charge in [-0.1, -0.05) is 0 Å². The molecule has 0 bridgehead atoms. The second-order valence-corrected chi connectivity index (χ2v) is 6.59. The lowest BCUT2D eigenvalue weighted by Crippen LogP contribution is -2.50. The normalized spacial score (nSPS) is 25.1. The van der Waals surface area contributed by atoms with Crippen molar-refractivity contribution >= 4 is 11.7 Å². The minimum atomic E-state index is -0.394. The number of rotatable bonds is 4. The quantitative estimate of drug-likeness (QED) is 0.903. The Balaban J connectivity index is 1.48. The van der Waals surface area contributed by atoms with E-state index in [1.807, 2.05) is 13.0 Å². The van der Waals surface area contributed by atoms with Gasteiger partial charge >= 0.3 is 0 Å². The van der Waals surface area contributed by atoms with E-state index in [9.17, 15) is 4.79 Å². The second-order valence-electron chi connectivity index (χ2n) is 6.59. The smallest absolute Gasteiger partial charge is 0.251 e. The van der Waals surface area contributed by atoms with Crippen LogP contribution in [0.25, 0.3) is 0 Å². The topological polar surface area (TPSA) is 67.3 Å². The molecular weight excluding hydrogens is 280 g/mol. The Morgan fingerprint density at radius 1 is 1.32 bits per heavy atom. The van der Waals surface area contributed by atoms with Gasteiger partial charge in [0.1, 0.15) is 11.6 Å². The van der Waals surface area contributed by atoms with Crippen molar-refractivity contribution in [1.29, 1.82) is 0 Å². The molecule has 3 aliphatic rings. The van der Waals surface area contributed by atoms with Crippen molar-refractivity contribution in [3.8, 4) is 0 Å². The summed E-state index contributed by atoms with van der Waals surface area (Å²) in [5, 5.41) is 3.02. The third-order valence-electron chi connectivity index (χ3n) is 4.41. The number of morpholine rings is 1. The van der Waals surface area contributed by atoms with Crippen LogP contribution < -0.4 is 10.2 Å². The van der Waals surface area contributed by atoms with Crippen LogP contribution >= 0.6 is 0 Å². The molecule has 2 aliphatic carbocycles. The number of nitrogens with zero attached hydrogens (tertiary/aromatic N) is 3. The maximum atomic E-state index is 12.2. The van der Waals surface area contributed by atoms with E-state index >= 15 is 0 Å². The van der Waals surface area contributed by atoms with E-state index in [0.29, 0.717) is 25.1 Å². The van der Waals surface area contributed by atoms with Gasteiger partial charge in [-0.2, -0.15) is 0 Å². The van der Waals surface area contributed by atoms with Crippen LogP contribution in [0.1, 0.15) is 43.1 Å². The first-order valence-corrected chi connectivity index (χ1v) is 8.21. The van der Waals surface area contributed by atoms with Crippen LogP contribution in [0.3, 0.4) is 0 Å². The van der Waals surface area contributed by atoms with Crippen LogP contribution in [0.2, 0.25) is 0 Å². The fourth-order valence-corrected chi connectivity index (χ4v) is 2.80. The van der Waals surface area contributed by atoms with Crippen molar-refractivity contribution in [3.63, 3.8) is 0 Å². The molecule has 0 spiro atoms. The molecule has 3 fully saturated rings. The average Bonchev–Trinajstić information content (AvgIpc) is 3.40. The lowest BCUT2D eigenvalue weighted by atomic mass is 10.2. The van der Waals surface area contributed by atoms with Crippen molar-refractivity contribution in [2.24, 2.45) is 0 Å². The minimum Gasteiger partial charge on any atom is -0.365 e. The maximum Gasteiger partial charge on any atom is 0.251 e. The molecule has 0 aromatic carbocycles. The Morgan fingerprint density at radius 2 is 2.14 bits per heavy atom. The molecule has 6 heteroatoms. The van der Waals surface area contributed by atoms with Gasteiger partial charge in [-0.25, -0.2) is 9.97 Å². The molecule has 1 aromatic heterocycles. The van der Waals surface area contributed by atoms with E-state index in [1.54, 1.807) is 0 Å². The molecule has 0 radical (unpaired) electrons. The molecule has 2 heterocycles. The Bertz CT molecular complexity index is 584. The standard InChI is InChI=1S/C16H22N4O2/c1-10-8-14(19-15(17-10)11-2-3-11)20-6-7-22-13(9-20)16(21)18-12-4-5-12/h8,11-13H,2-7,9H2,1H3,(H,18,21). The summed E-state index contributed by atoms with van der Waals surface area (Å²) in [4.78, 5) is 23.6. The Labute approximate surface area is 130 Å². The second kappa shape index (κ2) is 5.50. The highest BCUT2D eigenvalue weighted by atomic mass is 16.5. The SMILES string of the molecule is Cc1cc(N2CCOC(C(=O)NC3CC3)C2)nc(C2CC2)n1. The maximum absolute atomic E-state index is 12.2. The van der Waals surface area contributed by atoms with Crippen LogP contribution in [0, 0.1) is 6.92 Å². The van der Waals surface area contributed by atoms with Gasteiger partial charge in [-0.3, -0.25) is 4.79 Å². The fraction of sp³-hybridized carbons (Fsp3) is 0.688. The molecule has 1 aromatic rings. The molecule has 22 heavy (non-hydrogen) atoms. The molecule has 1 aliphatic heterocycles. The highest BCUT2D eigenvalue weighted by Crippen LogP contribution is 2.38. The van der Waals surface area contributed by atoms with Crippen LogP contribution in [0.5, 0.6) is 0 Å². The molecule has 2 saturated carbocycles. The van der Waals surface area contributed by atoms with E-state index in [2.05, 4.69) is 15.2 Å². The summed E-state index contributed by atoms with van der Waals surface area (Å²) >= 11 is 0. The molecule has 1 saturated heterocycles. The fourth-order valence-electron chi connectivity index (χ4n) is 2.80. The molecule has 6 nitrogen and oxygen atoms in total. The van der Waals surface area contributed by atoms with Gasteiger partial charge in [0.05, 0.1) is 13.2 Å². The van der Waals surface area contributed by atoms with Gasteiger partial charge in [-0.15, -0.1) is 0 Å². The third-order valence-corrected chi connectivity index (χ3v) is 4.41. The number of anilines is 1. The van der Waals surface area contributed by atoms with Crippen LogP contribution in [0.4, 0.5) is 5.82 Å². The van der Waals surface area contributed by atoms with Gasteiger partial charge in [0.15, 0.2) is 6.10 Å². The summed E-state index contributed by atoms with van der Waals surface area (Å²) in [7, 11) is 0. The Hall–Kier alpha value is -1.69. The number of aryl methyl sites for hydroxylation is 1. The number of hydrogen-bond donors (Lipinski definition) is 1. The van der Waals surface area contributed by atoms with Crippen molar-refractivity contribution in [3.05, 3.63) is 17.6 Å². The number of aromatic nitrogens is 2. The van der Waals surface area contributed by atoms with Crippen molar-refractivity contribution in [2.75, 3.05) is 24.6 Å². The highest BCUT2D eigenvalue weighted by molar-refractivity contribution is 5.82. The average molecular weight is 302 g/mol. The lowest BCUT2D eigenvalue weighted by molar-refractivity contribution is -0.133. The number of hydrogen-bond acceptors (Lipinski definition) is 5. The first kappa shape index (κ1) is 13.9. The van der Waals surface area contributed by atoms with E-state index in [-0.39, 0.29) is 5.91 Å². The minimum absolute atomic E-state index is 0.0143. The Morgan fingerprint density at radius 3 is 2.86 bits per heavy atom. The Kier molecular flexibility index (Phi) is 3.48. The van der Waals surface area contributed by atoms with Crippen molar-refractivity contribution in [2.45, 2.75) is 50.7 Å². The highest BCUT2D eigenvalue weighted by Gasteiger charge is 2.32. The van der Waals surface area contributed by atoms with Gasteiger partial charge < -0.3 is 15.0 Å². The summed E-state index contributed by atoms with van der Waals surface area (Å²) in [5.74, 6) is 2.44. The zero-order valence-corrected chi connectivity index (χ0v) is 12.9. The number of ether oxygens (including phenoxy) is 1. The molecule has 1 N–H and O–H groups in total. The van der Waals surface area contributed by atoms with Crippen LogP contribution in [-0.4, -0.2) is 47.7 Å². The van der Waals surface area contributed by atoms with E-state index in [0.717, 1.165) is 36.7 Å². The van der Waals surface area contributed by atoms with Crippen molar-refractivity contribution in [1.82, 2.24) is 15.3 Å². The number of carbonyl (C=O) groups excluding carboxylic acids is 1. The van der Waals surface area contributed by atoms with Crippen LogP contribution in [-0.2, 0) is 9.53 Å². The molecule has 4 rings (SSSR count). The molecular formula is C16H22N4O2. The summed E-state index contributed by atoms with van der Waals surface area (Å²) in [6.07, 6.45) is 4.18. The van der Waals surface area contributed by atoms with Gasteiger partial charge in [0.2, 0.25) is 0 Å². The zero-order chi connectivity index (χ0) is 15.1. The predicted octanol–water partition coefficient (Wildman–Crippen LogP) is 1.15. The first-order chi connectivity index (χ1) is 10.7. The molecule has 118 valence electrons. The third kappa shape index (κ3) is 3.06.